The molecule has 0 aliphatic carbocycles. The van der Waals surface area contributed by atoms with E-state index in [2.05, 4.69) is 22.3 Å². The van der Waals surface area contributed by atoms with Crippen molar-refractivity contribution in [2.45, 2.75) is 58.9 Å². The summed E-state index contributed by atoms with van der Waals surface area (Å²) >= 11 is 6.68. The number of hydrogen-bond donors (Lipinski definition) is 2. The highest BCUT2D eigenvalue weighted by molar-refractivity contribution is 7.53. The molecule has 0 radical (unpaired) electrons. The number of halogens is 1. The van der Waals surface area contributed by atoms with Crippen LogP contribution in [-0.2, 0) is 11.1 Å². The van der Waals surface area contributed by atoms with Crippen LogP contribution in [0.5, 0.6) is 5.75 Å². The van der Waals surface area contributed by atoms with Crippen molar-refractivity contribution in [2.24, 2.45) is 0 Å². The minimum absolute atomic E-state index is 0.0842. The largest absolute Gasteiger partial charge is 0.424 e. The Labute approximate surface area is 233 Å². The topological polar surface area (TPSA) is 119 Å². The van der Waals surface area contributed by atoms with Gasteiger partial charge in [0.05, 0.1) is 27.8 Å². The van der Waals surface area contributed by atoms with Crippen molar-refractivity contribution in [3.05, 3.63) is 65.4 Å². The molecule has 1 amide bonds. The van der Waals surface area contributed by atoms with E-state index in [4.69, 9.17) is 21.1 Å². The molecule has 1 unspecified atom stereocenters. The van der Waals surface area contributed by atoms with E-state index in [1.54, 1.807) is 48.7 Å². The minimum atomic E-state index is -3.69. The fraction of sp³-hybridized carbons (Fsp3) is 0.357. The van der Waals surface area contributed by atoms with Crippen molar-refractivity contribution in [3.63, 3.8) is 0 Å². The van der Waals surface area contributed by atoms with Crippen LogP contribution in [0, 0.1) is 0 Å². The summed E-state index contributed by atoms with van der Waals surface area (Å²) in [5, 5.41) is 8.58. The van der Waals surface area contributed by atoms with Crippen LogP contribution in [0.3, 0.4) is 0 Å². The number of benzene rings is 1. The number of aryl methyl sites for hydroxylation is 1. The summed E-state index contributed by atoms with van der Waals surface area (Å²) in [5.74, 6) is 0.358. The lowest BCUT2D eigenvalue weighted by atomic mass is 10.1. The second kappa shape index (κ2) is 13.2. The van der Waals surface area contributed by atoms with Crippen molar-refractivity contribution in [2.75, 3.05) is 11.5 Å². The molecule has 0 spiro atoms. The van der Waals surface area contributed by atoms with Gasteiger partial charge in [0.1, 0.15) is 5.75 Å². The summed E-state index contributed by atoms with van der Waals surface area (Å²) in [7, 11) is -3.69. The van der Waals surface area contributed by atoms with Gasteiger partial charge in [-0.2, -0.15) is 5.10 Å². The highest BCUT2D eigenvalue weighted by Crippen LogP contribution is 2.43. The third-order valence-electron chi connectivity index (χ3n) is 6.19. The van der Waals surface area contributed by atoms with Crippen molar-refractivity contribution in [1.29, 1.82) is 0 Å². The zero-order chi connectivity index (χ0) is 27.8. The second-order valence-electron chi connectivity index (χ2n) is 9.35. The monoisotopic (exact) mass is 569 g/mol. The molecule has 206 valence electrons. The molecule has 0 bridgehead atoms. The fourth-order valence-corrected chi connectivity index (χ4v) is 5.60. The number of fused-ring (bicyclic) bond motifs is 1. The lowest BCUT2D eigenvalue weighted by Crippen LogP contribution is -2.13. The molecule has 4 rings (SSSR count). The molecule has 2 N–H and O–H groups in total. The van der Waals surface area contributed by atoms with E-state index in [0.29, 0.717) is 57.4 Å². The first-order valence-corrected chi connectivity index (χ1v) is 15.4. The Morgan fingerprint density at radius 2 is 1.87 bits per heavy atom. The van der Waals surface area contributed by atoms with Gasteiger partial charge in [-0.3, -0.25) is 9.78 Å². The van der Waals surface area contributed by atoms with Crippen molar-refractivity contribution in [3.8, 4) is 17.0 Å². The van der Waals surface area contributed by atoms with E-state index in [1.807, 2.05) is 11.6 Å². The maximum absolute atomic E-state index is 12.8. The molecular weight excluding hydrogens is 537 g/mol. The summed E-state index contributed by atoms with van der Waals surface area (Å²) < 4.78 is 19.3. The van der Waals surface area contributed by atoms with Crippen molar-refractivity contribution >= 4 is 42.0 Å². The zero-order valence-corrected chi connectivity index (χ0v) is 23.8. The number of carbonyl (C=O) groups excluding carboxylic acids is 1. The standard InChI is InChI=1S/C28H33ClN5O4P/c1-3-5-6-7-8-16-34-27-23(26(33-34)32-28(35)21-10-9-15-30-19-21)18-24(29)25(31-27)20-11-13-22(14-12-20)38-39(36,37)17-4-2/h9-15,18-19H,3-8,16-17H2,1-2H3,(H,36,37)(H,32,33,35). The average Bonchev–Trinajstić information content (AvgIpc) is 3.24. The first-order chi connectivity index (χ1) is 18.8. The van der Waals surface area contributed by atoms with Gasteiger partial charge < -0.3 is 14.7 Å². The van der Waals surface area contributed by atoms with Crippen LogP contribution in [0.2, 0.25) is 5.02 Å². The quantitative estimate of drug-likeness (QED) is 0.128. The van der Waals surface area contributed by atoms with Crippen LogP contribution in [0.1, 0.15) is 62.7 Å². The van der Waals surface area contributed by atoms with Crippen LogP contribution in [0.4, 0.5) is 5.82 Å². The molecule has 1 atom stereocenters. The van der Waals surface area contributed by atoms with E-state index < -0.39 is 7.60 Å². The number of amides is 1. The molecule has 39 heavy (non-hydrogen) atoms. The minimum Gasteiger partial charge on any atom is -0.424 e. The lowest BCUT2D eigenvalue weighted by molar-refractivity contribution is 0.102. The molecule has 0 aliphatic heterocycles. The summed E-state index contributed by atoms with van der Waals surface area (Å²) in [4.78, 5) is 31.7. The normalized spacial score (nSPS) is 12.8. The number of aromatic nitrogens is 4. The third kappa shape index (κ3) is 7.44. The van der Waals surface area contributed by atoms with E-state index in [1.165, 1.54) is 12.6 Å². The molecule has 9 nitrogen and oxygen atoms in total. The van der Waals surface area contributed by atoms with Crippen LogP contribution < -0.4 is 9.84 Å². The van der Waals surface area contributed by atoms with Gasteiger partial charge in [-0.1, -0.05) is 51.1 Å². The molecule has 0 aliphatic rings. The average molecular weight is 570 g/mol. The Morgan fingerprint density at radius 3 is 2.56 bits per heavy atom. The van der Waals surface area contributed by atoms with Gasteiger partial charge in [0.2, 0.25) is 0 Å². The molecule has 0 saturated heterocycles. The molecule has 4 aromatic rings. The predicted octanol–water partition coefficient (Wildman–Crippen LogP) is 7.34. The first-order valence-electron chi connectivity index (χ1n) is 13.2. The van der Waals surface area contributed by atoms with Crippen LogP contribution in [0.25, 0.3) is 22.3 Å². The molecule has 3 aromatic heterocycles. The highest BCUT2D eigenvalue weighted by Gasteiger charge is 2.21. The Bertz CT molecular complexity index is 1460. The molecule has 11 heteroatoms. The number of carbonyl (C=O) groups is 1. The van der Waals surface area contributed by atoms with Gasteiger partial charge in [-0.05, 0) is 55.3 Å². The van der Waals surface area contributed by atoms with Gasteiger partial charge >= 0.3 is 7.60 Å². The maximum atomic E-state index is 12.8. The number of anilines is 1. The zero-order valence-electron chi connectivity index (χ0n) is 22.1. The molecule has 1 aromatic carbocycles. The molecular formula is C28H33ClN5O4P. The van der Waals surface area contributed by atoms with Gasteiger partial charge in [0, 0.05) is 24.5 Å². The Morgan fingerprint density at radius 1 is 1.10 bits per heavy atom. The second-order valence-corrected chi connectivity index (χ2v) is 11.7. The van der Waals surface area contributed by atoms with Crippen LogP contribution in [0.15, 0.2) is 54.9 Å². The fourth-order valence-electron chi connectivity index (χ4n) is 4.23. The highest BCUT2D eigenvalue weighted by atomic mass is 35.5. The lowest BCUT2D eigenvalue weighted by Gasteiger charge is -2.13. The number of pyridine rings is 2. The molecule has 0 saturated carbocycles. The first kappa shape index (κ1) is 28.7. The summed E-state index contributed by atoms with van der Waals surface area (Å²) in [6, 6.07) is 11.9. The maximum Gasteiger partial charge on any atom is 0.376 e. The van der Waals surface area contributed by atoms with E-state index in [0.717, 1.165) is 25.7 Å². The predicted molar refractivity (Wildman–Crippen MR) is 155 cm³/mol. The number of rotatable bonds is 13. The molecule has 3 heterocycles. The third-order valence-corrected chi connectivity index (χ3v) is 7.98. The SMILES string of the molecule is CCCCCCCn1nc(NC(=O)c2cccnc2)c2cc(Cl)c(-c3ccc(OP(=O)(O)CCC)cc3)nc21. The summed E-state index contributed by atoms with van der Waals surface area (Å²) in [6.45, 7) is 4.65. The van der Waals surface area contributed by atoms with Crippen LogP contribution >= 0.6 is 19.2 Å². The summed E-state index contributed by atoms with van der Waals surface area (Å²) in [5.41, 5.74) is 2.28. The smallest absolute Gasteiger partial charge is 0.376 e. The summed E-state index contributed by atoms with van der Waals surface area (Å²) in [6.07, 6.45) is 9.24. The number of unbranched alkanes of at least 4 members (excludes halogenated alkanes) is 4. The van der Waals surface area contributed by atoms with Gasteiger partial charge in [0.15, 0.2) is 11.5 Å². The number of nitrogens with one attached hydrogen (secondary N) is 1. The van der Waals surface area contributed by atoms with Gasteiger partial charge in [-0.15, -0.1) is 0 Å². The van der Waals surface area contributed by atoms with Crippen molar-refractivity contribution < 1.29 is 18.8 Å². The van der Waals surface area contributed by atoms with Crippen molar-refractivity contribution in [1.82, 2.24) is 19.7 Å². The van der Waals surface area contributed by atoms with Gasteiger partial charge in [0.25, 0.3) is 5.91 Å². The van der Waals surface area contributed by atoms with E-state index in [9.17, 15) is 14.3 Å². The number of nitrogens with zero attached hydrogens (tertiary/aromatic N) is 4. The van der Waals surface area contributed by atoms with E-state index >= 15 is 0 Å². The van der Waals surface area contributed by atoms with E-state index in [-0.39, 0.29) is 12.1 Å². The Kier molecular flexibility index (Phi) is 9.73. The Balaban J connectivity index is 1.65. The van der Waals surface area contributed by atoms with Crippen LogP contribution in [-0.4, -0.2) is 36.7 Å². The Hall–Kier alpha value is -3.26. The van der Waals surface area contributed by atoms with Gasteiger partial charge in [-0.25, -0.2) is 14.2 Å². The number of hydrogen-bond acceptors (Lipinski definition) is 6. The molecule has 0 fully saturated rings.